The third-order valence-electron chi connectivity index (χ3n) is 2.40. The van der Waals surface area contributed by atoms with Gasteiger partial charge in [-0.05, 0) is 25.2 Å². The van der Waals surface area contributed by atoms with E-state index in [9.17, 15) is 0 Å². The average molecular weight is 212 g/mol. The van der Waals surface area contributed by atoms with Crippen LogP contribution >= 0.6 is 0 Å². The van der Waals surface area contributed by atoms with Crippen molar-refractivity contribution in [3.63, 3.8) is 0 Å². The Bertz CT molecular complexity index is 269. The summed E-state index contributed by atoms with van der Waals surface area (Å²) < 4.78 is 5.35. The molecule has 0 amide bonds. The number of hydrogen-bond donors (Lipinski definition) is 2. The van der Waals surface area contributed by atoms with Crippen LogP contribution in [0.2, 0.25) is 0 Å². The van der Waals surface area contributed by atoms with Crippen molar-refractivity contribution in [2.75, 3.05) is 19.8 Å². The van der Waals surface area contributed by atoms with Crippen molar-refractivity contribution in [2.24, 2.45) is 0 Å². The van der Waals surface area contributed by atoms with Gasteiger partial charge in [0.1, 0.15) is 18.1 Å². The predicted molar refractivity (Wildman–Crippen MR) is 59.3 cm³/mol. The lowest BCUT2D eigenvalue weighted by molar-refractivity contribution is 0.239. The molecule has 2 N–H and O–H groups in total. The Hall–Kier alpha value is -0.840. The molecule has 0 radical (unpaired) electrons. The second-order valence-electron chi connectivity index (χ2n) is 3.41. The third-order valence-corrected chi connectivity index (χ3v) is 2.40. The van der Waals surface area contributed by atoms with Crippen molar-refractivity contribution < 1.29 is 9.52 Å². The van der Waals surface area contributed by atoms with Crippen molar-refractivity contribution in [2.45, 2.75) is 27.0 Å². The summed E-state index contributed by atoms with van der Waals surface area (Å²) in [5, 5.41) is 12.1. The number of aliphatic hydroxyl groups excluding tert-OH is 1. The molecule has 4 heteroatoms. The molecule has 0 aromatic carbocycles. The zero-order valence-corrected chi connectivity index (χ0v) is 9.49. The summed E-state index contributed by atoms with van der Waals surface area (Å²) in [4.78, 5) is 2.29. The van der Waals surface area contributed by atoms with Crippen molar-refractivity contribution in [3.8, 4) is 0 Å². The fourth-order valence-electron chi connectivity index (χ4n) is 1.39. The standard InChI is InChI=1S/C11H20N2O2/c1-3-13(4-2)9-12-7-10-5-6-11(8-14)15-10/h5-6,12,14H,3-4,7-9H2,1-2H3. The number of nitrogens with zero attached hydrogens (tertiary/aromatic N) is 1. The molecular weight excluding hydrogens is 192 g/mol. The number of aliphatic hydroxyl groups is 1. The van der Waals surface area contributed by atoms with Gasteiger partial charge >= 0.3 is 0 Å². The molecule has 1 heterocycles. The van der Waals surface area contributed by atoms with E-state index in [2.05, 4.69) is 24.1 Å². The van der Waals surface area contributed by atoms with E-state index in [-0.39, 0.29) is 6.61 Å². The van der Waals surface area contributed by atoms with Crippen LogP contribution in [0.1, 0.15) is 25.4 Å². The zero-order valence-electron chi connectivity index (χ0n) is 9.49. The molecule has 0 atom stereocenters. The van der Waals surface area contributed by atoms with Gasteiger partial charge in [-0.3, -0.25) is 10.2 Å². The molecule has 86 valence electrons. The van der Waals surface area contributed by atoms with E-state index in [0.717, 1.165) is 25.5 Å². The second kappa shape index (κ2) is 6.61. The molecule has 1 aromatic rings. The Morgan fingerprint density at radius 1 is 1.27 bits per heavy atom. The van der Waals surface area contributed by atoms with Crippen molar-refractivity contribution in [1.82, 2.24) is 10.2 Å². The smallest absolute Gasteiger partial charge is 0.129 e. The summed E-state index contributed by atoms with van der Waals surface area (Å²) in [5.74, 6) is 1.49. The van der Waals surface area contributed by atoms with Gasteiger partial charge in [0.2, 0.25) is 0 Å². The van der Waals surface area contributed by atoms with Crippen LogP contribution in [0.3, 0.4) is 0 Å². The summed E-state index contributed by atoms with van der Waals surface area (Å²) in [7, 11) is 0. The maximum atomic E-state index is 8.82. The molecule has 15 heavy (non-hydrogen) atoms. The van der Waals surface area contributed by atoms with E-state index in [1.807, 2.05) is 6.07 Å². The van der Waals surface area contributed by atoms with E-state index in [4.69, 9.17) is 9.52 Å². The van der Waals surface area contributed by atoms with Gasteiger partial charge in [-0.25, -0.2) is 0 Å². The van der Waals surface area contributed by atoms with Gasteiger partial charge < -0.3 is 9.52 Å². The molecule has 0 spiro atoms. The van der Waals surface area contributed by atoms with Gasteiger partial charge in [-0.1, -0.05) is 13.8 Å². The van der Waals surface area contributed by atoms with E-state index in [0.29, 0.717) is 12.3 Å². The highest BCUT2D eigenvalue weighted by Crippen LogP contribution is 2.06. The highest BCUT2D eigenvalue weighted by atomic mass is 16.4. The Balaban J connectivity index is 2.25. The molecular formula is C11H20N2O2. The van der Waals surface area contributed by atoms with Crippen LogP contribution in [0.5, 0.6) is 0 Å². The molecule has 0 saturated heterocycles. The quantitative estimate of drug-likeness (QED) is 0.666. The summed E-state index contributed by atoms with van der Waals surface area (Å²) in [6, 6.07) is 3.69. The topological polar surface area (TPSA) is 48.6 Å². The Morgan fingerprint density at radius 3 is 2.47 bits per heavy atom. The maximum absolute atomic E-state index is 8.82. The van der Waals surface area contributed by atoms with E-state index >= 15 is 0 Å². The van der Waals surface area contributed by atoms with E-state index < -0.39 is 0 Å². The zero-order chi connectivity index (χ0) is 11.1. The fraction of sp³-hybridized carbons (Fsp3) is 0.636. The van der Waals surface area contributed by atoms with Crippen LogP contribution in [0.25, 0.3) is 0 Å². The van der Waals surface area contributed by atoms with Crippen molar-refractivity contribution in [3.05, 3.63) is 23.7 Å². The Kier molecular flexibility index (Phi) is 5.39. The number of nitrogens with one attached hydrogen (secondary N) is 1. The third kappa shape index (κ3) is 4.03. The monoisotopic (exact) mass is 212 g/mol. The number of hydrogen-bond acceptors (Lipinski definition) is 4. The Morgan fingerprint density at radius 2 is 1.93 bits per heavy atom. The first-order valence-electron chi connectivity index (χ1n) is 5.41. The van der Waals surface area contributed by atoms with Gasteiger partial charge in [-0.2, -0.15) is 0 Å². The van der Waals surface area contributed by atoms with Crippen LogP contribution in [0.15, 0.2) is 16.5 Å². The van der Waals surface area contributed by atoms with E-state index in [1.165, 1.54) is 0 Å². The predicted octanol–water partition coefficient (Wildman–Crippen LogP) is 1.16. The lowest BCUT2D eigenvalue weighted by Gasteiger charge is -2.17. The summed E-state index contributed by atoms with van der Waals surface area (Å²) in [6.45, 7) is 7.91. The average Bonchev–Trinajstić information content (AvgIpc) is 2.72. The molecule has 1 aromatic heterocycles. The molecule has 0 unspecified atom stereocenters. The molecule has 0 bridgehead atoms. The van der Waals surface area contributed by atoms with Crippen molar-refractivity contribution in [1.29, 1.82) is 0 Å². The van der Waals surface area contributed by atoms with Gasteiger partial charge in [-0.15, -0.1) is 0 Å². The van der Waals surface area contributed by atoms with Crippen LogP contribution in [0.4, 0.5) is 0 Å². The molecule has 0 aliphatic rings. The maximum Gasteiger partial charge on any atom is 0.129 e. The molecule has 0 aliphatic heterocycles. The summed E-state index contributed by atoms with van der Waals surface area (Å²) in [5.41, 5.74) is 0. The van der Waals surface area contributed by atoms with Gasteiger partial charge in [0.25, 0.3) is 0 Å². The number of furan rings is 1. The van der Waals surface area contributed by atoms with Crippen LogP contribution in [0, 0.1) is 0 Å². The van der Waals surface area contributed by atoms with Crippen LogP contribution in [-0.4, -0.2) is 29.8 Å². The molecule has 0 saturated carbocycles. The highest BCUT2D eigenvalue weighted by molar-refractivity contribution is 5.05. The molecule has 0 aliphatic carbocycles. The van der Waals surface area contributed by atoms with Gasteiger partial charge in [0.15, 0.2) is 0 Å². The number of rotatable bonds is 7. The fourth-order valence-corrected chi connectivity index (χ4v) is 1.39. The van der Waals surface area contributed by atoms with Gasteiger partial charge in [0, 0.05) is 6.67 Å². The minimum atomic E-state index is -0.0317. The lowest BCUT2D eigenvalue weighted by Crippen LogP contribution is -2.33. The first kappa shape index (κ1) is 12.2. The van der Waals surface area contributed by atoms with Crippen LogP contribution in [-0.2, 0) is 13.2 Å². The normalized spacial score (nSPS) is 11.2. The van der Waals surface area contributed by atoms with E-state index in [1.54, 1.807) is 6.07 Å². The molecule has 1 rings (SSSR count). The SMILES string of the molecule is CCN(CC)CNCc1ccc(CO)o1. The van der Waals surface area contributed by atoms with Crippen LogP contribution < -0.4 is 5.32 Å². The van der Waals surface area contributed by atoms with Crippen molar-refractivity contribution >= 4 is 0 Å². The highest BCUT2D eigenvalue weighted by Gasteiger charge is 2.01. The minimum absolute atomic E-state index is 0.0317. The summed E-state index contributed by atoms with van der Waals surface area (Å²) in [6.07, 6.45) is 0. The first-order valence-corrected chi connectivity index (χ1v) is 5.41. The largest absolute Gasteiger partial charge is 0.462 e. The molecule has 4 nitrogen and oxygen atoms in total. The minimum Gasteiger partial charge on any atom is -0.462 e. The Labute approximate surface area is 90.9 Å². The first-order chi connectivity index (χ1) is 7.30. The molecule has 0 fully saturated rings. The van der Waals surface area contributed by atoms with Gasteiger partial charge in [0.05, 0.1) is 6.54 Å². The lowest BCUT2D eigenvalue weighted by atomic mass is 10.4. The summed E-state index contributed by atoms with van der Waals surface area (Å²) >= 11 is 0. The second-order valence-corrected chi connectivity index (χ2v) is 3.41.